The maximum absolute atomic E-state index is 3.84. The molecule has 2 rings (SSSR count). The molecule has 0 aromatic carbocycles. The van der Waals surface area contributed by atoms with Crippen molar-refractivity contribution in [1.82, 2.24) is 10.2 Å². The molecule has 2 aliphatic carbocycles. The van der Waals surface area contributed by atoms with Gasteiger partial charge in [0, 0.05) is 18.1 Å². The van der Waals surface area contributed by atoms with Gasteiger partial charge < -0.3 is 5.32 Å². The minimum Gasteiger partial charge on any atom is -0.312 e. The molecular formula is C19H38N2. The molecule has 2 aliphatic rings. The molecule has 0 radical (unpaired) electrons. The summed E-state index contributed by atoms with van der Waals surface area (Å²) in [6.07, 6.45) is 12.6. The van der Waals surface area contributed by atoms with E-state index in [4.69, 9.17) is 0 Å². The Labute approximate surface area is 133 Å². The van der Waals surface area contributed by atoms with Gasteiger partial charge in [-0.1, -0.05) is 27.2 Å². The second-order valence-corrected chi connectivity index (χ2v) is 7.79. The van der Waals surface area contributed by atoms with Crippen molar-refractivity contribution in [3.8, 4) is 0 Å². The van der Waals surface area contributed by atoms with Gasteiger partial charge in [-0.15, -0.1) is 0 Å². The fourth-order valence-electron chi connectivity index (χ4n) is 4.60. The van der Waals surface area contributed by atoms with Crippen molar-refractivity contribution in [3.05, 3.63) is 0 Å². The highest BCUT2D eigenvalue weighted by molar-refractivity contribution is 4.92. The molecule has 21 heavy (non-hydrogen) atoms. The second kappa shape index (κ2) is 8.53. The molecule has 0 amide bonds. The van der Waals surface area contributed by atoms with Crippen LogP contribution in [-0.4, -0.2) is 36.6 Å². The fourth-order valence-corrected chi connectivity index (χ4v) is 4.60. The summed E-state index contributed by atoms with van der Waals surface area (Å²) in [6, 6.07) is 2.34. The highest BCUT2D eigenvalue weighted by Gasteiger charge is 2.35. The summed E-state index contributed by atoms with van der Waals surface area (Å²) in [5.74, 6) is 1.91. The Morgan fingerprint density at radius 3 is 2.33 bits per heavy atom. The van der Waals surface area contributed by atoms with E-state index in [1.807, 2.05) is 0 Å². The third-order valence-corrected chi connectivity index (χ3v) is 6.23. The summed E-state index contributed by atoms with van der Waals surface area (Å²) in [6.45, 7) is 8.28. The molecule has 1 N–H and O–H groups in total. The lowest BCUT2D eigenvalue weighted by molar-refractivity contribution is 0.0621. The maximum atomic E-state index is 3.84. The van der Waals surface area contributed by atoms with E-state index >= 15 is 0 Å². The van der Waals surface area contributed by atoms with Crippen LogP contribution >= 0.6 is 0 Å². The van der Waals surface area contributed by atoms with E-state index in [-0.39, 0.29) is 0 Å². The number of rotatable bonds is 6. The predicted molar refractivity (Wildman–Crippen MR) is 92.7 cm³/mol. The van der Waals surface area contributed by atoms with Crippen LogP contribution in [0, 0.1) is 11.8 Å². The van der Waals surface area contributed by atoms with Crippen LogP contribution in [0.3, 0.4) is 0 Å². The van der Waals surface area contributed by atoms with E-state index < -0.39 is 0 Å². The molecule has 2 heteroatoms. The molecule has 2 saturated carbocycles. The summed E-state index contributed by atoms with van der Waals surface area (Å²) in [5.41, 5.74) is 0. The summed E-state index contributed by atoms with van der Waals surface area (Å²) < 4.78 is 0. The largest absolute Gasteiger partial charge is 0.312 e. The molecule has 124 valence electrons. The molecule has 0 saturated heterocycles. The lowest BCUT2D eigenvalue weighted by Crippen LogP contribution is -2.55. The highest BCUT2D eigenvalue weighted by Crippen LogP contribution is 2.34. The van der Waals surface area contributed by atoms with Gasteiger partial charge in [0.25, 0.3) is 0 Å². The van der Waals surface area contributed by atoms with Crippen LogP contribution in [0.4, 0.5) is 0 Å². The molecule has 3 atom stereocenters. The first-order valence-corrected chi connectivity index (χ1v) is 9.60. The van der Waals surface area contributed by atoms with Crippen LogP contribution in [0.2, 0.25) is 0 Å². The van der Waals surface area contributed by atoms with Crippen molar-refractivity contribution >= 4 is 0 Å². The first-order valence-electron chi connectivity index (χ1n) is 9.60. The van der Waals surface area contributed by atoms with Gasteiger partial charge in [-0.2, -0.15) is 0 Å². The minimum absolute atomic E-state index is 0.732. The summed E-state index contributed by atoms with van der Waals surface area (Å²) in [7, 11) is 2.42. The van der Waals surface area contributed by atoms with Gasteiger partial charge in [-0.3, -0.25) is 4.90 Å². The van der Waals surface area contributed by atoms with Gasteiger partial charge in [-0.05, 0) is 76.8 Å². The molecule has 0 heterocycles. The van der Waals surface area contributed by atoms with Crippen molar-refractivity contribution < 1.29 is 0 Å². The second-order valence-electron chi connectivity index (χ2n) is 7.79. The third-order valence-electron chi connectivity index (χ3n) is 6.23. The Morgan fingerprint density at radius 1 is 1.00 bits per heavy atom. The maximum Gasteiger partial charge on any atom is 0.0251 e. The Hall–Kier alpha value is -0.0800. The fraction of sp³-hybridized carbons (Fsp3) is 1.00. The summed E-state index contributed by atoms with van der Waals surface area (Å²) in [5, 5.41) is 3.84. The van der Waals surface area contributed by atoms with Crippen molar-refractivity contribution in [2.45, 2.75) is 96.7 Å². The van der Waals surface area contributed by atoms with Crippen LogP contribution in [0.5, 0.6) is 0 Å². The topological polar surface area (TPSA) is 15.3 Å². The lowest BCUT2D eigenvalue weighted by Gasteiger charge is -2.46. The van der Waals surface area contributed by atoms with E-state index in [1.165, 1.54) is 64.3 Å². The Morgan fingerprint density at radius 2 is 1.71 bits per heavy atom. The van der Waals surface area contributed by atoms with Gasteiger partial charge in [0.1, 0.15) is 0 Å². The summed E-state index contributed by atoms with van der Waals surface area (Å²) in [4.78, 5) is 2.77. The van der Waals surface area contributed by atoms with E-state index in [2.05, 4.69) is 38.0 Å². The Bertz CT molecular complexity index is 281. The summed E-state index contributed by atoms with van der Waals surface area (Å²) >= 11 is 0. The van der Waals surface area contributed by atoms with Crippen LogP contribution < -0.4 is 5.32 Å². The Kier molecular flexibility index (Phi) is 7.01. The standard InChI is InChI=1S/C19H38N2/c1-5-13-20-18-12-7-15(3)14-19(18)21(4)17-10-8-16(6-2)9-11-17/h15-20H,5-14H2,1-4H3. The van der Waals surface area contributed by atoms with E-state index in [9.17, 15) is 0 Å². The van der Waals surface area contributed by atoms with E-state index in [1.54, 1.807) is 0 Å². The first-order chi connectivity index (χ1) is 10.2. The normalized spacial score (nSPS) is 37.9. The number of likely N-dealkylation sites (N-methyl/N-ethyl adjacent to an activating group) is 1. The lowest BCUT2D eigenvalue weighted by atomic mass is 9.79. The molecule has 0 aliphatic heterocycles. The van der Waals surface area contributed by atoms with Gasteiger partial charge in [0.2, 0.25) is 0 Å². The van der Waals surface area contributed by atoms with Gasteiger partial charge in [-0.25, -0.2) is 0 Å². The van der Waals surface area contributed by atoms with Gasteiger partial charge in [0.15, 0.2) is 0 Å². The number of hydrogen-bond acceptors (Lipinski definition) is 2. The smallest absolute Gasteiger partial charge is 0.0251 e. The van der Waals surface area contributed by atoms with Gasteiger partial charge in [0.05, 0.1) is 0 Å². The van der Waals surface area contributed by atoms with Crippen LogP contribution in [0.15, 0.2) is 0 Å². The molecule has 3 unspecified atom stereocenters. The average molecular weight is 295 g/mol. The van der Waals surface area contributed by atoms with Crippen molar-refractivity contribution in [2.75, 3.05) is 13.6 Å². The van der Waals surface area contributed by atoms with Crippen LogP contribution in [0.1, 0.15) is 78.6 Å². The molecule has 0 aromatic rings. The molecular weight excluding hydrogens is 256 g/mol. The number of nitrogens with one attached hydrogen (secondary N) is 1. The SMILES string of the molecule is CCCNC1CCC(C)CC1N(C)C1CCC(CC)CC1. The molecule has 2 fully saturated rings. The number of hydrogen-bond donors (Lipinski definition) is 1. The van der Waals surface area contributed by atoms with Crippen molar-refractivity contribution in [1.29, 1.82) is 0 Å². The minimum atomic E-state index is 0.732. The Balaban J connectivity index is 1.92. The molecule has 0 bridgehead atoms. The first kappa shape index (κ1) is 17.3. The zero-order valence-electron chi connectivity index (χ0n) is 14.9. The molecule has 2 nitrogen and oxygen atoms in total. The third kappa shape index (κ3) is 4.69. The number of nitrogens with zero attached hydrogens (tertiary/aromatic N) is 1. The predicted octanol–water partition coefficient (Wildman–Crippen LogP) is 4.44. The van der Waals surface area contributed by atoms with Crippen LogP contribution in [0.25, 0.3) is 0 Å². The van der Waals surface area contributed by atoms with Crippen LogP contribution in [-0.2, 0) is 0 Å². The molecule has 0 aromatic heterocycles. The quantitative estimate of drug-likeness (QED) is 0.779. The zero-order valence-corrected chi connectivity index (χ0v) is 14.9. The zero-order chi connectivity index (χ0) is 15.2. The van der Waals surface area contributed by atoms with Crippen molar-refractivity contribution in [2.24, 2.45) is 11.8 Å². The average Bonchev–Trinajstić information content (AvgIpc) is 2.53. The van der Waals surface area contributed by atoms with Crippen molar-refractivity contribution in [3.63, 3.8) is 0 Å². The highest BCUT2D eigenvalue weighted by atomic mass is 15.2. The monoisotopic (exact) mass is 294 g/mol. The van der Waals surface area contributed by atoms with E-state index in [0.717, 1.165) is 30.0 Å². The van der Waals surface area contributed by atoms with Gasteiger partial charge >= 0.3 is 0 Å². The van der Waals surface area contributed by atoms with E-state index in [0.29, 0.717) is 0 Å². The molecule has 0 spiro atoms.